The van der Waals surface area contributed by atoms with Gasteiger partial charge < -0.3 is 0 Å². The molecule has 1 amide bonds. The summed E-state index contributed by atoms with van der Waals surface area (Å²) in [5, 5.41) is 4.13. The molecule has 0 radical (unpaired) electrons. The summed E-state index contributed by atoms with van der Waals surface area (Å²) in [6.45, 7) is 1.92. The first kappa shape index (κ1) is 15.4. The van der Waals surface area contributed by atoms with Crippen LogP contribution in [-0.2, 0) is 0 Å². The fourth-order valence-electron chi connectivity index (χ4n) is 1.81. The van der Waals surface area contributed by atoms with E-state index in [1.165, 1.54) is 12.1 Å². The van der Waals surface area contributed by atoms with Gasteiger partial charge in [0.25, 0.3) is 5.91 Å². The van der Waals surface area contributed by atoms with Crippen LogP contribution in [-0.4, -0.2) is 11.6 Å². The Kier molecular flexibility index (Phi) is 5.22. The molecule has 3 nitrogen and oxygen atoms in total. The summed E-state index contributed by atoms with van der Waals surface area (Å²) in [7, 11) is 0. The van der Waals surface area contributed by atoms with E-state index in [1.807, 2.05) is 13.0 Å². The molecule has 0 aromatic heterocycles. The Labute approximate surface area is 131 Å². The highest BCUT2D eigenvalue weighted by atomic mass is 79.9. The van der Waals surface area contributed by atoms with Crippen molar-refractivity contribution in [3.63, 3.8) is 0 Å². The zero-order valence-corrected chi connectivity index (χ0v) is 13.0. The molecule has 108 valence electrons. The van der Waals surface area contributed by atoms with Crippen molar-refractivity contribution in [2.24, 2.45) is 5.10 Å². The lowest BCUT2D eigenvalue weighted by Crippen LogP contribution is -2.20. The van der Waals surface area contributed by atoms with Crippen LogP contribution in [0.3, 0.4) is 0 Å². The van der Waals surface area contributed by atoms with Gasteiger partial charge in [-0.2, -0.15) is 5.10 Å². The largest absolute Gasteiger partial charge is 0.272 e. The first-order valence-electron chi connectivity index (χ1n) is 6.49. The van der Waals surface area contributed by atoms with Crippen molar-refractivity contribution in [1.29, 1.82) is 0 Å². The zero-order chi connectivity index (χ0) is 15.2. The number of rotatable bonds is 4. The molecule has 21 heavy (non-hydrogen) atoms. The second-order valence-corrected chi connectivity index (χ2v) is 5.19. The standard InChI is InChI=1S/C16H14BrFN2O/c1-2-15(11-7-9-12(18)10-8-11)19-20-16(21)13-5-3-4-6-14(13)17/h3-10H,2H2,1H3,(H,20,21)/b19-15-. The first-order valence-corrected chi connectivity index (χ1v) is 7.28. The topological polar surface area (TPSA) is 41.5 Å². The van der Waals surface area contributed by atoms with Crippen LogP contribution in [0.1, 0.15) is 29.3 Å². The van der Waals surface area contributed by atoms with Gasteiger partial charge in [-0.15, -0.1) is 0 Å². The molecule has 0 saturated carbocycles. The summed E-state index contributed by atoms with van der Waals surface area (Å²) < 4.78 is 13.6. The van der Waals surface area contributed by atoms with Crippen molar-refractivity contribution in [3.8, 4) is 0 Å². The number of hydrazone groups is 1. The maximum absolute atomic E-state index is 12.9. The van der Waals surface area contributed by atoms with Gasteiger partial charge >= 0.3 is 0 Å². The van der Waals surface area contributed by atoms with E-state index in [0.717, 1.165) is 5.56 Å². The van der Waals surface area contributed by atoms with Gasteiger partial charge in [0, 0.05) is 4.47 Å². The molecular weight excluding hydrogens is 335 g/mol. The molecule has 0 bridgehead atoms. The molecular formula is C16H14BrFN2O. The monoisotopic (exact) mass is 348 g/mol. The predicted molar refractivity (Wildman–Crippen MR) is 84.8 cm³/mol. The third-order valence-corrected chi connectivity index (χ3v) is 3.61. The minimum absolute atomic E-state index is 0.296. The van der Waals surface area contributed by atoms with Gasteiger partial charge in [-0.1, -0.05) is 31.2 Å². The molecule has 0 fully saturated rings. The smallest absolute Gasteiger partial charge is 0.267 e. The molecule has 0 aliphatic heterocycles. The number of halogens is 2. The number of carbonyl (C=O) groups is 1. The molecule has 0 unspecified atom stereocenters. The minimum atomic E-state index is -0.300. The van der Waals surface area contributed by atoms with Crippen LogP contribution in [0.2, 0.25) is 0 Å². The summed E-state index contributed by atoms with van der Waals surface area (Å²) in [6.07, 6.45) is 0.627. The molecule has 0 spiro atoms. The zero-order valence-electron chi connectivity index (χ0n) is 11.4. The number of benzene rings is 2. The fraction of sp³-hybridized carbons (Fsp3) is 0.125. The van der Waals surface area contributed by atoms with Crippen molar-refractivity contribution in [1.82, 2.24) is 5.43 Å². The van der Waals surface area contributed by atoms with Crippen LogP contribution in [0.15, 0.2) is 58.1 Å². The van der Waals surface area contributed by atoms with Crippen LogP contribution in [0, 0.1) is 5.82 Å². The van der Waals surface area contributed by atoms with E-state index in [4.69, 9.17) is 0 Å². The average Bonchev–Trinajstić information content (AvgIpc) is 2.49. The quantitative estimate of drug-likeness (QED) is 0.654. The van der Waals surface area contributed by atoms with Gasteiger partial charge in [0.1, 0.15) is 5.82 Å². The molecule has 0 atom stereocenters. The summed E-state index contributed by atoms with van der Waals surface area (Å²) in [5.41, 5.74) is 4.51. The SMILES string of the molecule is CC/C(=N/NC(=O)c1ccccc1Br)c1ccc(F)cc1. The van der Waals surface area contributed by atoms with E-state index in [1.54, 1.807) is 30.3 Å². The number of carbonyl (C=O) groups excluding carboxylic acids is 1. The molecule has 2 rings (SSSR count). The Hall–Kier alpha value is -2.01. The highest BCUT2D eigenvalue weighted by Gasteiger charge is 2.09. The Morgan fingerprint density at radius 3 is 2.48 bits per heavy atom. The lowest BCUT2D eigenvalue weighted by molar-refractivity contribution is 0.0954. The Morgan fingerprint density at radius 2 is 1.86 bits per heavy atom. The van der Waals surface area contributed by atoms with E-state index in [-0.39, 0.29) is 11.7 Å². The van der Waals surface area contributed by atoms with Gasteiger partial charge in [0.05, 0.1) is 11.3 Å². The second kappa shape index (κ2) is 7.13. The minimum Gasteiger partial charge on any atom is -0.267 e. The Balaban J connectivity index is 2.16. The molecule has 0 aliphatic rings. The van der Waals surface area contributed by atoms with Crippen molar-refractivity contribution in [2.75, 3.05) is 0 Å². The Bertz CT molecular complexity index is 668. The van der Waals surface area contributed by atoms with Crippen LogP contribution in [0.4, 0.5) is 4.39 Å². The third-order valence-electron chi connectivity index (χ3n) is 2.92. The van der Waals surface area contributed by atoms with Crippen molar-refractivity contribution in [2.45, 2.75) is 13.3 Å². The van der Waals surface area contributed by atoms with Gasteiger partial charge in [-0.05, 0) is 52.2 Å². The maximum atomic E-state index is 12.9. The van der Waals surface area contributed by atoms with Crippen molar-refractivity contribution >= 4 is 27.5 Å². The average molecular weight is 349 g/mol. The summed E-state index contributed by atoms with van der Waals surface area (Å²) in [4.78, 5) is 12.1. The lowest BCUT2D eigenvalue weighted by atomic mass is 10.1. The van der Waals surface area contributed by atoms with Crippen LogP contribution >= 0.6 is 15.9 Å². The van der Waals surface area contributed by atoms with Crippen LogP contribution in [0.5, 0.6) is 0 Å². The summed E-state index contributed by atoms with van der Waals surface area (Å²) >= 11 is 3.32. The fourth-order valence-corrected chi connectivity index (χ4v) is 2.28. The van der Waals surface area contributed by atoms with E-state index in [2.05, 4.69) is 26.5 Å². The highest BCUT2D eigenvalue weighted by Crippen LogP contribution is 2.15. The second-order valence-electron chi connectivity index (χ2n) is 4.34. The van der Waals surface area contributed by atoms with Crippen LogP contribution < -0.4 is 5.43 Å². The highest BCUT2D eigenvalue weighted by molar-refractivity contribution is 9.10. The Morgan fingerprint density at radius 1 is 1.19 bits per heavy atom. The van der Waals surface area contributed by atoms with E-state index in [9.17, 15) is 9.18 Å². The van der Waals surface area contributed by atoms with Gasteiger partial charge in [-0.3, -0.25) is 4.79 Å². The number of amides is 1. The van der Waals surface area contributed by atoms with Gasteiger partial charge in [0.15, 0.2) is 0 Å². The molecule has 2 aromatic carbocycles. The molecule has 5 heteroatoms. The first-order chi connectivity index (χ1) is 10.1. The number of nitrogens with zero attached hydrogens (tertiary/aromatic N) is 1. The molecule has 0 saturated heterocycles. The number of nitrogens with one attached hydrogen (secondary N) is 1. The normalized spacial score (nSPS) is 11.3. The van der Waals surface area contributed by atoms with Crippen molar-refractivity contribution in [3.05, 3.63) is 69.9 Å². The summed E-state index contributed by atoms with van der Waals surface area (Å²) in [6, 6.07) is 13.1. The number of hydrogen-bond donors (Lipinski definition) is 1. The molecule has 1 N–H and O–H groups in total. The van der Waals surface area contributed by atoms with E-state index < -0.39 is 0 Å². The van der Waals surface area contributed by atoms with Gasteiger partial charge in [-0.25, -0.2) is 9.82 Å². The van der Waals surface area contributed by atoms with Gasteiger partial charge in [0.2, 0.25) is 0 Å². The molecule has 0 aliphatic carbocycles. The maximum Gasteiger partial charge on any atom is 0.272 e. The number of hydrogen-bond acceptors (Lipinski definition) is 2. The third kappa shape index (κ3) is 3.98. The van der Waals surface area contributed by atoms with Crippen LogP contribution in [0.25, 0.3) is 0 Å². The molecule has 0 heterocycles. The summed E-state index contributed by atoms with van der Waals surface area (Å²) in [5.74, 6) is -0.595. The van der Waals surface area contributed by atoms with Crippen molar-refractivity contribution < 1.29 is 9.18 Å². The predicted octanol–water partition coefficient (Wildman–Crippen LogP) is 4.13. The molecule has 2 aromatic rings. The van der Waals surface area contributed by atoms with E-state index >= 15 is 0 Å². The van der Waals surface area contributed by atoms with E-state index in [0.29, 0.717) is 22.2 Å². The lowest BCUT2D eigenvalue weighted by Gasteiger charge is -2.06.